The van der Waals surface area contributed by atoms with Gasteiger partial charge >= 0.3 is 0 Å². The number of aryl methyl sites for hydroxylation is 1. The first-order chi connectivity index (χ1) is 11.2. The molecule has 0 atom stereocenters. The molecule has 0 spiro atoms. The van der Waals surface area contributed by atoms with Gasteiger partial charge in [0.15, 0.2) is 0 Å². The summed E-state index contributed by atoms with van der Waals surface area (Å²) in [5.74, 6) is 1.14. The Morgan fingerprint density at radius 1 is 1.04 bits per heavy atom. The molecule has 3 aromatic rings. The topological polar surface area (TPSA) is 19.4 Å². The maximum Gasteiger partial charge on any atom is 0.137 e. The van der Waals surface area contributed by atoms with Crippen molar-refractivity contribution in [1.82, 2.24) is 9.88 Å². The third kappa shape index (κ3) is 3.27. The van der Waals surface area contributed by atoms with Crippen LogP contribution in [-0.2, 0) is 0 Å². The van der Waals surface area contributed by atoms with Crippen LogP contribution in [-0.4, -0.2) is 43.1 Å². The van der Waals surface area contributed by atoms with Gasteiger partial charge in [0.1, 0.15) is 5.82 Å². The Kier molecular flexibility index (Phi) is 5.09. The maximum absolute atomic E-state index is 5.04. The number of piperazine rings is 1. The molecular weight excluding hydrogens is 338 g/mol. The third-order valence-electron chi connectivity index (χ3n) is 4.54. The van der Waals surface area contributed by atoms with E-state index < -0.39 is 0 Å². The molecule has 3 heterocycles. The van der Waals surface area contributed by atoms with E-state index in [0.717, 1.165) is 37.7 Å². The Morgan fingerprint density at radius 3 is 2.54 bits per heavy atom. The largest absolute Gasteiger partial charge is 0.354 e. The van der Waals surface area contributed by atoms with Gasteiger partial charge in [-0.25, -0.2) is 4.98 Å². The normalized spacial score (nSPS) is 15.5. The van der Waals surface area contributed by atoms with Gasteiger partial charge in [-0.2, -0.15) is 0 Å². The van der Waals surface area contributed by atoms with E-state index in [4.69, 9.17) is 4.98 Å². The molecule has 3 nitrogen and oxygen atoms in total. The predicted octanol–water partition coefficient (Wildman–Crippen LogP) is 4.45. The van der Waals surface area contributed by atoms with E-state index in [9.17, 15) is 0 Å². The number of likely N-dealkylation sites (N-methyl/N-ethyl adjacent to an activating group) is 1. The highest BCUT2D eigenvalue weighted by Gasteiger charge is 2.19. The number of thiophene rings is 1. The number of hydrogen-bond acceptors (Lipinski definition) is 4. The number of pyridine rings is 1. The molecule has 1 saturated heterocycles. The Balaban J connectivity index is 0.00000169. The van der Waals surface area contributed by atoms with Crippen LogP contribution in [0.15, 0.2) is 41.8 Å². The van der Waals surface area contributed by atoms with Crippen LogP contribution in [0.5, 0.6) is 0 Å². The first-order valence-corrected chi connectivity index (χ1v) is 8.97. The zero-order valence-electron chi connectivity index (χ0n) is 14.0. The number of fused-ring (bicyclic) bond motifs is 1. The molecule has 0 unspecified atom stereocenters. The van der Waals surface area contributed by atoms with Gasteiger partial charge in [0.05, 0.1) is 10.6 Å². The number of aromatic nitrogens is 1. The highest BCUT2D eigenvalue weighted by atomic mass is 35.5. The van der Waals surface area contributed by atoms with E-state index in [1.807, 2.05) is 0 Å². The summed E-state index contributed by atoms with van der Waals surface area (Å²) in [4.78, 5) is 11.1. The summed E-state index contributed by atoms with van der Waals surface area (Å²) >= 11 is 1.76. The summed E-state index contributed by atoms with van der Waals surface area (Å²) in [6.45, 7) is 6.43. The average molecular weight is 360 g/mol. The average Bonchev–Trinajstić information content (AvgIpc) is 3.09. The Labute approximate surface area is 153 Å². The van der Waals surface area contributed by atoms with Crippen LogP contribution in [0, 0.1) is 6.92 Å². The van der Waals surface area contributed by atoms with E-state index in [0.29, 0.717) is 0 Å². The molecule has 0 aliphatic carbocycles. The maximum atomic E-state index is 5.04. The minimum atomic E-state index is 0. The molecule has 0 N–H and O–H groups in total. The zero-order chi connectivity index (χ0) is 15.8. The van der Waals surface area contributed by atoms with Gasteiger partial charge in [-0.15, -0.1) is 23.7 Å². The van der Waals surface area contributed by atoms with E-state index in [2.05, 4.69) is 65.5 Å². The van der Waals surface area contributed by atoms with Gasteiger partial charge < -0.3 is 9.80 Å². The van der Waals surface area contributed by atoms with Crippen molar-refractivity contribution >= 4 is 40.3 Å². The molecule has 4 rings (SSSR count). The second kappa shape index (κ2) is 7.09. The summed E-state index contributed by atoms with van der Waals surface area (Å²) in [6.07, 6.45) is 0. The first-order valence-electron chi connectivity index (χ1n) is 8.09. The fourth-order valence-electron chi connectivity index (χ4n) is 3.17. The smallest absolute Gasteiger partial charge is 0.137 e. The van der Waals surface area contributed by atoms with Crippen molar-refractivity contribution < 1.29 is 0 Å². The lowest BCUT2D eigenvalue weighted by molar-refractivity contribution is 0.312. The highest BCUT2D eigenvalue weighted by Crippen LogP contribution is 2.32. The van der Waals surface area contributed by atoms with Crippen molar-refractivity contribution in [3.63, 3.8) is 0 Å². The van der Waals surface area contributed by atoms with Crippen LogP contribution in [0.3, 0.4) is 0 Å². The number of hydrogen-bond donors (Lipinski definition) is 0. The third-order valence-corrected chi connectivity index (χ3v) is 5.44. The summed E-state index contributed by atoms with van der Waals surface area (Å²) < 4.78 is 0. The lowest BCUT2D eigenvalue weighted by atomic mass is 10.1. The van der Waals surface area contributed by atoms with Crippen molar-refractivity contribution in [2.75, 3.05) is 38.1 Å². The highest BCUT2D eigenvalue weighted by molar-refractivity contribution is 7.13. The van der Waals surface area contributed by atoms with Crippen molar-refractivity contribution in [3.8, 4) is 10.6 Å². The van der Waals surface area contributed by atoms with Gasteiger partial charge in [0.2, 0.25) is 0 Å². The van der Waals surface area contributed by atoms with Gasteiger partial charge in [-0.05, 0) is 36.9 Å². The molecule has 1 aliphatic rings. The van der Waals surface area contributed by atoms with Gasteiger partial charge in [0.25, 0.3) is 0 Å². The van der Waals surface area contributed by atoms with Gasteiger partial charge in [0, 0.05) is 31.6 Å². The monoisotopic (exact) mass is 359 g/mol. The fourth-order valence-corrected chi connectivity index (χ4v) is 3.86. The lowest BCUT2D eigenvalue weighted by Gasteiger charge is -2.34. The van der Waals surface area contributed by atoms with Crippen LogP contribution >= 0.6 is 23.7 Å². The van der Waals surface area contributed by atoms with Crippen LogP contribution in [0.2, 0.25) is 0 Å². The number of nitrogens with zero attached hydrogens (tertiary/aromatic N) is 3. The van der Waals surface area contributed by atoms with E-state index in [-0.39, 0.29) is 12.4 Å². The summed E-state index contributed by atoms with van der Waals surface area (Å²) in [5, 5.41) is 4.67. The molecular formula is C19H22ClN3S. The molecule has 0 bridgehead atoms. The van der Waals surface area contributed by atoms with Gasteiger partial charge in [-0.3, -0.25) is 0 Å². The predicted molar refractivity (Wildman–Crippen MR) is 107 cm³/mol. The molecule has 0 amide bonds. The molecule has 0 saturated carbocycles. The molecule has 1 fully saturated rings. The lowest BCUT2D eigenvalue weighted by Crippen LogP contribution is -2.44. The zero-order valence-corrected chi connectivity index (χ0v) is 15.7. The van der Waals surface area contributed by atoms with Crippen LogP contribution in [0.1, 0.15) is 5.56 Å². The Hall–Kier alpha value is -1.62. The van der Waals surface area contributed by atoms with Crippen LogP contribution < -0.4 is 4.90 Å². The molecule has 24 heavy (non-hydrogen) atoms. The first kappa shape index (κ1) is 17.2. The quantitative estimate of drug-likeness (QED) is 0.674. The Morgan fingerprint density at radius 2 is 1.83 bits per heavy atom. The molecule has 126 valence electrons. The SMILES string of the molecule is Cc1ccc2c(N3CCN(C)CC3)nc(-c3cccs3)cc2c1.Cl. The minimum Gasteiger partial charge on any atom is -0.354 e. The van der Waals surface area contributed by atoms with Gasteiger partial charge in [-0.1, -0.05) is 29.8 Å². The number of rotatable bonds is 2. The van der Waals surface area contributed by atoms with E-state index in [1.54, 1.807) is 11.3 Å². The number of anilines is 1. The summed E-state index contributed by atoms with van der Waals surface area (Å²) in [6, 6.07) is 13.2. The van der Waals surface area contributed by atoms with E-state index >= 15 is 0 Å². The van der Waals surface area contributed by atoms with Crippen LogP contribution in [0.25, 0.3) is 21.3 Å². The molecule has 1 aromatic carbocycles. The number of halogens is 1. The molecule has 0 radical (unpaired) electrons. The van der Waals surface area contributed by atoms with E-state index in [1.165, 1.54) is 21.2 Å². The van der Waals surface area contributed by atoms with Crippen molar-refractivity contribution in [2.24, 2.45) is 0 Å². The molecule has 2 aromatic heterocycles. The van der Waals surface area contributed by atoms with Crippen molar-refractivity contribution in [1.29, 1.82) is 0 Å². The van der Waals surface area contributed by atoms with Crippen LogP contribution in [0.4, 0.5) is 5.82 Å². The minimum absolute atomic E-state index is 0. The number of benzene rings is 1. The van der Waals surface area contributed by atoms with Crippen molar-refractivity contribution in [2.45, 2.75) is 6.92 Å². The molecule has 1 aliphatic heterocycles. The second-order valence-electron chi connectivity index (χ2n) is 6.32. The second-order valence-corrected chi connectivity index (χ2v) is 7.27. The fraction of sp³-hybridized carbons (Fsp3) is 0.316. The molecule has 5 heteroatoms. The Bertz CT molecular complexity index is 824. The standard InChI is InChI=1S/C19H21N3S.ClH/c1-14-5-6-16-15(12-14)13-17(18-4-3-11-23-18)20-19(16)22-9-7-21(2)8-10-22;/h3-6,11-13H,7-10H2,1-2H3;1H. The van der Waals surface area contributed by atoms with Crippen molar-refractivity contribution in [3.05, 3.63) is 47.3 Å². The summed E-state index contributed by atoms with van der Waals surface area (Å²) in [5.41, 5.74) is 2.39. The summed E-state index contributed by atoms with van der Waals surface area (Å²) in [7, 11) is 2.19.